The third-order valence-electron chi connectivity index (χ3n) is 6.03. The van der Waals surface area contributed by atoms with Gasteiger partial charge in [0.1, 0.15) is 18.1 Å². The number of benzene rings is 2. The van der Waals surface area contributed by atoms with Gasteiger partial charge in [-0.2, -0.15) is 8.42 Å². The van der Waals surface area contributed by atoms with E-state index in [4.69, 9.17) is 14.3 Å². The van der Waals surface area contributed by atoms with E-state index in [9.17, 15) is 13.2 Å². The second-order valence-corrected chi connectivity index (χ2v) is 11.2. The Hall–Kier alpha value is -2.52. The topological polar surface area (TPSA) is 97.0 Å². The van der Waals surface area contributed by atoms with Gasteiger partial charge in [0.25, 0.3) is 10.0 Å². The van der Waals surface area contributed by atoms with Crippen molar-refractivity contribution in [3.8, 4) is 5.75 Å². The molecule has 1 aliphatic rings. The molecule has 1 heterocycles. The van der Waals surface area contributed by atoms with Crippen molar-refractivity contribution in [2.24, 2.45) is 5.92 Å². The van der Waals surface area contributed by atoms with Crippen LogP contribution in [-0.2, 0) is 34.3 Å². The summed E-state index contributed by atoms with van der Waals surface area (Å²) >= 11 is 0. The number of carbonyl (C=O) groups is 1. The van der Waals surface area contributed by atoms with Crippen LogP contribution in [0.2, 0.25) is 0 Å². The number of furan rings is 1. The quantitative estimate of drug-likeness (QED) is 0.318. The molecule has 0 spiro atoms. The van der Waals surface area contributed by atoms with Crippen LogP contribution < -0.4 is 38.6 Å². The number of carboxylic acids is 1. The van der Waals surface area contributed by atoms with E-state index in [1.165, 1.54) is 22.0 Å². The molecule has 0 fully saturated rings. The molecule has 4 rings (SSSR count). The molecule has 0 saturated carbocycles. The predicted octanol–water partition coefficient (Wildman–Crippen LogP) is 2.72. The number of sulfonamides is 1. The average molecular weight is 534 g/mol. The van der Waals surface area contributed by atoms with E-state index in [0.29, 0.717) is 17.2 Å². The van der Waals surface area contributed by atoms with Crippen molar-refractivity contribution in [2.75, 3.05) is 10.8 Å². The maximum absolute atomic E-state index is 13.7. The molecular formula is C28H32NNaO6S. The van der Waals surface area contributed by atoms with Crippen LogP contribution in [0.25, 0.3) is 6.08 Å². The summed E-state index contributed by atoms with van der Waals surface area (Å²) in [6, 6.07) is 14.4. The van der Waals surface area contributed by atoms with Crippen molar-refractivity contribution in [3.63, 3.8) is 0 Å². The van der Waals surface area contributed by atoms with Gasteiger partial charge in [0.05, 0.1) is 5.69 Å². The van der Waals surface area contributed by atoms with Gasteiger partial charge in [-0.05, 0) is 84.7 Å². The van der Waals surface area contributed by atoms with Crippen LogP contribution in [0.5, 0.6) is 5.75 Å². The number of aliphatic carboxylic acids is 1. The minimum atomic E-state index is -3.94. The van der Waals surface area contributed by atoms with Gasteiger partial charge in [0, 0.05) is 12.6 Å². The van der Waals surface area contributed by atoms with Crippen LogP contribution in [0, 0.1) is 12.8 Å². The number of nitrogens with zero attached hydrogens (tertiary/aromatic N) is 1. The summed E-state index contributed by atoms with van der Waals surface area (Å²) in [5.74, 6) is 0.114. The van der Waals surface area contributed by atoms with Gasteiger partial charge < -0.3 is 15.7 Å². The number of aryl methyl sites for hydroxylation is 3. The van der Waals surface area contributed by atoms with Gasteiger partial charge in [-0.15, -0.1) is 0 Å². The molecule has 0 atom stereocenters. The number of fused-ring (bicyclic) bond motifs is 1. The molecule has 0 aliphatic heterocycles. The third-order valence-corrected chi connectivity index (χ3v) is 7.68. The van der Waals surface area contributed by atoms with Crippen molar-refractivity contribution < 1.29 is 58.5 Å². The van der Waals surface area contributed by atoms with Crippen LogP contribution in [-0.4, -0.2) is 26.0 Å². The molecule has 192 valence electrons. The minimum Gasteiger partial charge on any atom is -1.00 e. The molecule has 0 saturated heterocycles. The van der Waals surface area contributed by atoms with E-state index in [1.54, 1.807) is 13.0 Å². The van der Waals surface area contributed by atoms with Gasteiger partial charge in [0.15, 0.2) is 0 Å². The van der Waals surface area contributed by atoms with E-state index in [1.807, 2.05) is 50.2 Å². The van der Waals surface area contributed by atoms with Crippen molar-refractivity contribution in [1.82, 2.24) is 0 Å². The summed E-state index contributed by atoms with van der Waals surface area (Å²) in [6.07, 6.45) is 5.48. The fraction of sp³-hybridized carbons (Fsp3) is 0.321. The fourth-order valence-corrected chi connectivity index (χ4v) is 5.86. The first kappa shape index (κ1) is 29.0. The summed E-state index contributed by atoms with van der Waals surface area (Å²) < 4.78 is 40.5. The molecule has 1 N–H and O–H groups in total. The van der Waals surface area contributed by atoms with E-state index < -0.39 is 16.0 Å². The monoisotopic (exact) mass is 533 g/mol. The SMILES string of the molecule is Cc1ccc(S(=O)(=O)N(CC(C)C)c2cc3c(cc2OCc2ccc(C=CC(=O)O)cc2)CCC3)o1.[H-].[Na+]. The summed E-state index contributed by atoms with van der Waals surface area (Å²) in [6.45, 7) is 6.19. The number of ether oxygens (including phenoxy) is 1. The molecule has 9 heteroatoms. The van der Waals surface area contributed by atoms with Crippen LogP contribution in [0.4, 0.5) is 5.69 Å². The normalized spacial score (nSPS) is 13.0. The molecule has 0 unspecified atom stereocenters. The molecule has 0 bridgehead atoms. The zero-order valence-electron chi connectivity index (χ0n) is 22.7. The second-order valence-electron chi connectivity index (χ2n) is 9.44. The Balaban J connectivity index is 0.00000253. The number of carboxylic acid groups (broad SMARTS) is 1. The third kappa shape index (κ3) is 7.08. The van der Waals surface area contributed by atoms with Crippen molar-refractivity contribution >= 4 is 27.8 Å². The predicted molar refractivity (Wildman–Crippen MR) is 140 cm³/mol. The van der Waals surface area contributed by atoms with Gasteiger partial charge in [-0.25, -0.2) is 4.79 Å². The zero-order chi connectivity index (χ0) is 25.9. The number of hydrogen-bond acceptors (Lipinski definition) is 5. The zero-order valence-corrected chi connectivity index (χ0v) is 24.5. The summed E-state index contributed by atoms with van der Waals surface area (Å²) in [7, 11) is -3.94. The maximum atomic E-state index is 13.7. The maximum Gasteiger partial charge on any atom is 1.00 e. The van der Waals surface area contributed by atoms with Crippen LogP contribution in [0.3, 0.4) is 0 Å². The van der Waals surface area contributed by atoms with Crippen LogP contribution in [0.15, 0.2) is 64.1 Å². The Bertz CT molecular complexity index is 1380. The smallest absolute Gasteiger partial charge is 1.00 e. The first-order valence-electron chi connectivity index (χ1n) is 12.0. The second kappa shape index (κ2) is 12.3. The van der Waals surface area contributed by atoms with Gasteiger partial charge in [0.2, 0.25) is 5.09 Å². The molecule has 1 aliphatic carbocycles. The molecule has 0 radical (unpaired) electrons. The van der Waals surface area contributed by atoms with E-state index in [0.717, 1.165) is 42.0 Å². The van der Waals surface area contributed by atoms with Crippen molar-refractivity contribution in [1.29, 1.82) is 0 Å². The first-order valence-corrected chi connectivity index (χ1v) is 13.4. The molecule has 0 amide bonds. The molecule has 7 nitrogen and oxygen atoms in total. The summed E-state index contributed by atoms with van der Waals surface area (Å²) in [5.41, 5.74) is 4.49. The Morgan fingerprint density at radius 3 is 2.41 bits per heavy atom. The number of hydrogen-bond donors (Lipinski definition) is 1. The number of anilines is 1. The van der Waals surface area contributed by atoms with Crippen LogP contribution >= 0.6 is 0 Å². The van der Waals surface area contributed by atoms with Gasteiger partial charge in [-0.1, -0.05) is 38.1 Å². The van der Waals surface area contributed by atoms with E-state index >= 15 is 0 Å². The summed E-state index contributed by atoms with van der Waals surface area (Å²) in [5, 5.41) is 8.72. The molecular weight excluding hydrogens is 501 g/mol. The summed E-state index contributed by atoms with van der Waals surface area (Å²) in [4.78, 5) is 10.7. The molecule has 37 heavy (non-hydrogen) atoms. The largest absolute Gasteiger partial charge is 1.00 e. The Labute approximate surface area is 242 Å². The van der Waals surface area contributed by atoms with Crippen molar-refractivity contribution in [2.45, 2.75) is 51.7 Å². The standard InChI is InChI=1S/C28H31NO6S.Na.H/c1-19(2)17-29(36(32,33)28-14-7-20(3)35-28)25-15-23-5-4-6-24(23)16-26(25)34-18-22-10-8-21(9-11-22)12-13-27(30)31;;/h7-16,19H,4-6,17-18H2,1-3H3,(H,30,31);;/q;+1;-1. The number of rotatable bonds is 10. The average Bonchev–Trinajstić information content (AvgIpc) is 3.48. The van der Waals surface area contributed by atoms with Crippen molar-refractivity contribution in [3.05, 3.63) is 82.6 Å². The first-order chi connectivity index (χ1) is 17.1. The molecule has 2 aromatic carbocycles. The Kier molecular flexibility index (Phi) is 9.69. The van der Waals surface area contributed by atoms with E-state index in [-0.39, 0.29) is 55.1 Å². The van der Waals surface area contributed by atoms with Gasteiger partial charge in [-0.3, -0.25) is 4.31 Å². The molecule has 1 aromatic heterocycles. The van der Waals surface area contributed by atoms with Gasteiger partial charge >= 0.3 is 35.5 Å². The Morgan fingerprint density at radius 1 is 1.14 bits per heavy atom. The van der Waals surface area contributed by atoms with E-state index in [2.05, 4.69) is 0 Å². The Morgan fingerprint density at radius 2 is 1.81 bits per heavy atom. The van der Waals surface area contributed by atoms with Crippen LogP contribution in [0.1, 0.15) is 49.7 Å². The molecule has 3 aromatic rings. The minimum absolute atomic E-state index is 0. The fourth-order valence-electron chi connectivity index (χ4n) is 4.27.